The van der Waals surface area contributed by atoms with Gasteiger partial charge in [-0.05, 0) is 18.9 Å². The number of hydrogen-bond donors (Lipinski definition) is 1. The number of nitrogens with zero attached hydrogens (tertiary/aromatic N) is 3. The van der Waals surface area contributed by atoms with Gasteiger partial charge in [0.1, 0.15) is 0 Å². The van der Waals surface area contributed by atoms with Gasteiger partial charge in [-0.3, -0.25) is 4.99 Å². The molecule has 1 saturated heterocycles. The Kier molecular flexibility index (Phi) is 7.03. The lowest BCUT2D eigenvalue weighted by Gasteiger charge is -2.21. The van der Waals surface area contributed by atoms with Crippen LogP contribution >= 0.6 is 11.3 Å². The van der Waals surface area contributed by atoms with E-state index in [-0.39, 0.29) is 0 Å². The minimum absolute atomic E-state index is 0.568. The summed E-state index contributed by atoms with van der Waals surface area (Å²) < 4.78 is 5.91. The van der Waals surface area contributed by atoms with Gasteiger partial charge in [-0.1, -0.05) is 30.3 Å². The fraction of sp³-hybridized carbons (Fsp3) is 0.500. The minimum atomic E-state index is 0.568. The number of guanidine groups is 1. The quantitative estimate of drug-likeness (QED) is 0.599. The van der Waals surface area contributed by atoms with Crippen molar-refractivity contribution in [2.24, 2.45) is 10.9 Å². The maximum absolute atomic E-state index is 5.91. The van der Waals surface area contributed by atoms with E-state index in [2.05, 4.69) is 49.8 Å². The number of aliphatic imine (C=N–C) groups is 1. The van der Waals surface area contributed by atoms with Gasteiger partial charge in [0.2, 0.25) is 0 Å². The Morgan fingerprint density at radius 1 is 1.38 bits per heavy atom. The normalized spacial score (nSPS) is 17.7. The average molecular weight is 373 g/mol. The van der Waals surface area contributed by atoms with Crippen LogP contribution in [0.2, 0.25) is 0 Å². The first-order chi connectivity index (χ1) is 12.7. The molecule has 1 aromatic heterocycles. The summed E-state index contributed by atoms with van der Waals surface area (Å²) in [6.07, 6.45) is 2.08. The largest absolute Gasteiger partial charge is 0.376 e. The Hall–Kier alpha value is -1.92. The summed E-state index contributed by atoms with van der Waals surface area (Å²) in [5.74, 6) is 1.56. The molecule has 1 unspecified atom stereocenters. The monoisotopic (exact) mass is 372 g/mol. The predicted octanol–water partition coefficient (Wildman–Crippen LogP) is 3.11. The molecule has 3 rings (SSSR count). The van der Waals surface area contributed by atoms with Gasteiger partial charge in [-0.15, -0.1) is 11.3 Å². The molecule has 0 radical (unpaired) electrons. The van der Waals surface area contributed by atoms with E-state index in [0.29, 0.717) is 12.5 Å². The molecule has 1 N–H and O–H groups in total. The fourth-order valence-corrected chi connectivity index (χ4v) is 3.88. The molecule has 1 fully saturated rings. The molecule has 0 saturated carbocycles. The number of likely N-dealkylation sites (tertiary alicyclic amines) is 1. The molecule has 2 aromatic rings. The zero-order valence-corrected chi connectivity index (χ0v) is 16.5. The van der Waals surface area contributed by atoms with E-state index in [1.165, 1.54) is 5.56 Å². The molecular formula is C20H28N4OS. The van der Waals surface area contributed by atoms with Crippen molar-refractivity contribution < 1.29 is 4.74 Å². The molecule has 1 atom stereocenters. The van der Waals surface area contributed by atoms with Gasteiger partial charge in [-0.2, -0.15) is 0 Å². The third-order valence-corrected chi connectivity index (χ3v) is 5.42. The Morgan fingerprint density at radius 3 is 2.96 bits per heavy atom. The zero-order chi connectivity index (χ0) is 18.2. The Bertz CT molecular complexity index is 701. The van der Waals surface area contributed by atoms with Crippen LogP contribution in [0.3, 0.4) is 0 Å². The Labute approximate surface area is 160 Å². The summed E-state index contributed by atoms with van der Waals surface area (Å²) in [6, 6.07) is 10.4. The van der Waals surface area contributed by atoms with Gasteiger partial charge >= 0.3 is 0 Å². The van der Waals surface area contributed by atoms with Crippen LogP contribution in [0.15, 0.2) is 40.7 Å². The number of thiazole rings is 1. The molecule has 0 amide bonds. The van der Waals surface area contributed by atoms with Crippen molar-refractivity contribution in [1.82, 2.24) is 15.2 Å². The standard InChI is InChI=1S/C20H28N4OS/c1-16-23-19(15-26-16)8-10-22-20(21-2)24-11-9-18(12-24)14-25-13-17-6-4-3-5-7-17/h3-7,15,18H,8-14H2,1-2H3,(H,21,22). The second-order valence-corrected chi connectivity index (χ2v) is 7.75. The number of rotatable bonds is 7. The van der Waals surface area contributed by atoms with E-state index in [1.807, 2.05) is 20.0 Å². The fourth-order valence-electron chi connectivity index (χ4n) is 3.24. The van der Waals surface area contributed by atoms with E-state index in [1.54, 1.807) is 11.3 Å². The number of nitrogens with one attached hydrogen (secondary N) is 1. The molecule has 5 nitrogen and oxygen atoms in total. The van der Waals surface area contributed by atoms with Crippen LogP contribution in [-0.2, 0) is 17.8 Å². The maximum Gasteiger partial charge on any atom is 0.193 e. The highest BCUT2D eigenvalue weighted by molar-refractivity contribution is 7.09. The molecule has 1 aliphatic rings. The Balaban J connectivity index is 1.37. The third kappa shape index (κ3) is 5.54. The summed E-state index contributed by atoms with van der Waals surface area (Å²) in [4.78, 5) is 11.3. The number of aromatic nitrogens is 1. The van der Waals surface area contributed by atoms with Crippen molar-refractivity contribution in [1.29, 1.82) is 0 Å². The molecule has 1 aliphatic heterocycles. The van der Waals surface area contributed by atoms with Crippen molar-refractivity contribution >= 4 is 17.3 Å². The molecule has 140 valence electrons. The highest BCUT2D eigenvalue weighted by atomic mass is 32.1. The number of ether oxygens (including phenoxy) is 1. The summed E-state index contributed by atoms with van der Waals surface area (Å²) in [5, 5.41) is 6.73. The SMILES string of the molecule is CN=C(NCCc1csc(C)n1)N1CCC(COCc2ccccc2)C1. The average Bonchev–Trinajstić information content (AvgIpc) is 3.29. The lowest BCUT2D eigenvalue weighted by atomic mass is 10.1. The molecule has 0 aliphatic carbocycles. The molecule has 6 heteroatoms. The van der Waals surface area contributed by atoms with Crippen LogP contribution in [0.1, 0.15) is 22.7 Å². The van der Waals surface area contributed by atoms with Crippen LogP contribution in [0, 0.1) is 12.8 Å². The second-order valence-electron chi connectivity index (χ2n) is 6.68. The highest BCUT2D eigenvalue weighted by Crippen LogP contribution is 2.17. The van der Waals surface area contributed by atoms with Crippen molar-refractivity contribution in [3.8, 4) is 0 Å². The zero-order valence-electron chi connectivity index (χ0n) is 15.6. The summed E-state index contributed by atoms with van der Waals surface area (Å²) >= 11 is 1.71. The van der Waals surface area contributed by atoms with Crippen LogP contribution in [0.25, 0.3) is 0 Å². The highest BCUT2D eigenvalue weighted by Gasteiger charge is 2.24. The van der Waals surface area contributed by atoms with E-state index < -0.39 is 0 Å². The van der Waals surface area contributed by atoms with Gasteiger partial charge in [0, 0.05) is 44.4 Å². The van der Waals surface area contributed by atoms with Gasteiger partial charge in [0.05, 0.1) is 23.9 Å². The van der Waals surface area contributed by atoms with Crippen LogP contribution < -0.4 is 5.32 Å². The number of aryl methyl sites for hydroxylation is 1. The van der Waals surface area contributed by atoms with Crippen LogP contribution in [0.4, 0.5) is 0 Å². The van der Waals surface area contributed by atoms with Crippen molar-refractivity contribution in [3.63, 3.8) is 0 Å². The van der Waals surface area contributed by atoms with E-state index in [0.717, 1.165) is 55.7 Å². The molecule has 0 spiro atoms. The summed E-state index contributed by atoms with van der Waals surface area (Å²) in [6.45, 7) is 6.45. The molecule has 26 heavy (non-hydrogen) atoms. The predicted molar refractivity (Wildman–Crippen MR) is 108 cm³/mol. The third-order valence-electron chi connectivity index (χ3n) is 4.59. The lowest BCUT2D eigenvalue weighted by molar-refractivity contribution is 0.0907. The van der Waals surface area contributed by atoms with Gasteiger partial charge in [0.15, 0.2) is 5.96 Å². The first-order valence-corrected chi connectivity index (χ1v) is 10.1. The minimum Gasteiger partial charge on any atom is -0.376 e. The van der Waals surface area contributed by atoms with Crippen LogP contribution in [0.5, 0.6) is 0 Å². The topological polar surface area (TPSA) is 49.8 Å². The van der Waals surface area contributed by atoms with Crippen molar-refractivity contribution in [2.75, 3.05) is 33.3 Å². The molecule has 2 heterocycles. The van der Waals surface area contributed by atoms with Gasteiger partial charge in [-0.25, -0.2) is 4.98 Å². The van der Waals surface area contributed by atoms with E-state index >= 15 is 0 Å². The molecule has 1 aromatic carbocycles. The van der Waals surface area contributed by atoms with Gasteiger partial charge in [0.25, 0.3) is 0 Å². The van der Waals surface area contributed by atoms with E-state index in [4.69, 9.17) is 4.74 Å². The molecule has 0 bridgehead atoms. The van der Waals surface area contributed by atoms with E-state index in [9.17, 15) is 0 Å². The first-order valence-electron chi connectivity index (χ1n) is 9.23. The smallest absolute Gasteiger partial charge is 0.193 e. The lowest BCUT2D eigenvalue weighted by Crippen LogP contribution is -2.41. The number of hydrogen-bond acceptors (Lipinski definition) is 4. The molecular weight excluding hydrogens is 344 g/mol. The Morgan fingerprint density at radius 2 is 2.23 bits per heavy atom. The number of benzene rings is 1. The summed E-state index contributed by atoms with van der Waals surface area (Å²) in [5.41, 5.74) is 2.39. The van der Waals surface area contributed by atoms with Crippen molar-refractivity contribution in [2.45, 2.75) is 26.4 Å². The van der Waals surface area contributed by atoms with Crippen LogP contribution in [-0.4, -0.2) is 49.1 Å². The first kappa shape index (κ1) is 18.9. The summed E-state index contributed by atoms with van der Waals surface area (Å²) in [7, 11) is 1.86. The van der Waals surface area contributed by atoms with Crippen molar-refractivity contribution in [3.05, 3.63) is 52.0 Å². The second kappa shape index (κ2) is 9.69. The van der Waals surface area contributed by atoms with Gasteiger partial charge < -0.3 is 15.0 Å². The maximum atomic E-state index is 5.91.